The maximum absolute atomic E-state index is 11.4. The van der Waals surface area contributed by atoms with E-state index < -0.39 is 0 Å². The summed E-state index contributed by atoms with van der Waals surface area (Å²) in [5, 5.41) is 10.9. The molecule has 0 atom stereocenters. The largest absolute Gasteiger partial charge is 0.324 e. The highest BCUT2D eigenvalue weighted by Crippen LogP contribution is 2.31. The Labute approximate surface area is 154 Å². The molecule has 0 saturated heterocycles. The van der Waals surface area contributed by atoms with Crippen LogP contribution in [0.5, 0.6) is 0 Å². The van der Waals surface area contributed by atoms with Crippen LogP contribution in [-0.4, -0.2) is 25.4 Å². The van der Waals surface area contributed by atoms with Gasteiger partial charge in [-0.15, -0.1) is 11.3 Å². The zero-order valence-electron chi connectivity index (χ0n) is 14.9. The third-order valence-electron chi connectivity index (χ3n) is 4.20. The van der Waals surface area contributed by atoms with Crippen molar-refractivity contribution in [2.45, 2.75) is 27.2 Å². The standard InChI is InChI=1S/C19H19N5OS/c1-11(2)8-14-9-26-18-16(14)17-20-10-21-24(17)19(23-18)22-15-6-4-13(5-7-15)12(3)25/h4-7,9-11H,8H2,1-3H3,(H,22,23). The molecule has 0 aliphatic rings. The number of carbonyl (C=O) groups is 1. The average Bonchev–Trinajstić information content (AvgIpc) is 3.22. The monoisotopic (exact) mass is 365 g/mol. The van der Waals surface area contributed by atoms with Gasteiger partial charge in [-0.25, -0.2) is 9.97 Å². The first-order chi connectivity index (χ1) is 12.5. The Morgan fingerprint density at radius 1 is 1.27 bits per heavy atom. The molecule has 0 spiro atoms. The molecular weight excluding hydrogens is 346 g/mol. The molecule has 1 aromatic carbocycles. The summed E-state index contributed by atoms with van der Waals surface area (Å²) in [5.41, 5.74) is 3.61. The minimum Gasteiger partial charge on any atom is -0.324 e. The second kappa shape index (κ2) is 6.49. The summed E-state index contributed by atoms with van der Waals surface area (Å²) in [5.74, 6) is 1.22. The number of carbonyl (C=O) groups excluding carboxylic acids is 1. The first kappa shape index (κ1) is 16.7. The average molecular weight is 365 g/mol. The Hall–Kier alpha value is -2.80. The fourth-order valence-corrected chi connectivity index (χ4v) is 3.95. The van der Waals surface area contributed by atoms with E-state index in [-0.39, 0.29) is 5.78 Å². The van der Waals surface area contributed by atoms with Crippen LogP contribution in [0, 0.1) is 5.92 Å². The number of aromatic nitrogens is 4. The SMILES string of the molecule is CC(=O)c1ccc(Nc2nc3scc(CC(C)C)c3c3ncnn23)cc1. The second-order valence-corrected chi connectivity index (χ2v) is 7.59. The summed E-state index contributed by atoms with van der Waals surface area (Å²) in [6, 6.07) is 7.33. The number of thiophene rings is 1. The molecule has 0 fully saturated rings. The maximum atomic E-state index is 11.4. The topological polar surface area (TPSA) is 72.2 Å². The molecule has 0 amide bonds. The lowest BCUT2D eigenvalue weighted by Crippen LogP contribution is -2.04. The Balaban J connectivity index is 1.77. The van der Waals surface area contributed by atoms with E-state index in [4.69, 9.17) is 4.98 Å². The Kier molecular flexibility index (Phi) is 4.16. The summed E-state index contributed by atoms with van der Waals surface area (Å²) < 4.78 is 1.73. The number of nitrogens with one attached hydrogen (secondary N) is 1. The number of ketones is 1. The highest BCUT2D eigenvalue weighted by Gasteiger charge is 2.16. The number of anilines is 2. The van der Waals surface area contributed by atoms with Gasteiger partial charge in [0.1, 0.15) is 11.2 Å². The Bertz CT molecular complexity index is 1090. The maximum Gasteiger partial charge on any atom is 0.231 e. The first-order valence-corrected chi connectivity index (χ1v) is 9.38. The van der Waals surface area contributed by atoms with Crippen molar-refractivity contribution >= 4 is 44.6 Å². The van der Waals surface area contributed by atoms with Gasteiger partial charge in [0.25, 0.3) is 0 Å². The van der Waals surface area contributed by atoms with Crippen molar-refractivity contribution in [3.8, 4) is 0 Å². The Morgan fingerprint density at radius 3 is 2.73 bits per heavy atom. The number of hydrogen-bond donors (Lipinski definition) is 1. The van der Waals surface area contributed by atoms with Gasteiger partial charge < -0.3 is 5.32 Å². The zero-order valence-corrected chi connectivity index (χ0v) is 15.7. The molecule has 0 saturated carbocycles. The molecule has 3 heterocycles. The van der Waals surface area contributed by atoms with E-state index in [2.05, 4.69) is 34.6 Å². The molecule has 0 unspecified atom stereocenters. The first-order valence-electron chi connectivity index (χ1n) is 8.50. The Morgan fingerprint density at radius 2 is 2.04 bits per heavy atom. The van der Waals surface area contributed by atoms with Crippen LogP contribution in [0.2, 0.25) is 0 Å². The summed E-state index contributed by atoms with van der Waals surface area (Å²) in [7, 11) is 0. The molecule has 7 heteroatoms. The highest BCUT2D eigenvalue weighted by atomic mass is 32.1. The van der Waals surface area contributed by atoms with Crippen LogP contribution >= 0.6 is 11.3 Å². The molecule has 4 aromatic rings. The van der Waals surface area contributed by atoms with E-state index in [1.807, 2.05) is 12.1 Å². The fourth-order valence-electron chi connectivity index (χ4n) is 3.00. The molecule has 0 radical (unpaired) electrons. The number of benzene rings is 1. The number of hydrogen-bond acceptors (Lipinski definition) is 6. The molecular formula is C19H19N5OS. The predicted molar refractivity (Wildman–Crippen MR) is 104 cm³/mol. The molecule has 26 heavy (non-hydrogen) atoms. The molecule has 0 aliphatic carbocycles. The van der Waals surface area contributed by atoms with E-state index in [1.165, 1.54) is 5.56 Å². The molecule has 0 bridgehead atoms. The van der Waals surface area contributed by atoms with Crippen molar-refractivity contribution in [2.24, 2.45) is 5.92 Å². The molecule has 6 nitrogen and oxygen atoms in total. The van der Waals surface area contributed by atoms with Gasteiger partial charge in [-0.3, -0.25) is 4.79 Å². The summed E-state index contributed by atoms with van der Waals surface area (Å²) in [4.78, 5) is 21.6. The number of fused-ring (bicyclic) bond motifs is 3. The van der Waals surface area contributed by atoms with Crippen molar-refractivity contribution in [3.63, 3.8) is 0 Å². The minimum absolute atomic E-state index is 0.0472. The quantitative estimate of drug-likeness (QED) is 0.528. The minimum atomic E-state index is 0.0472. The summed E-state index contributed by atoms with van der Waals surface area (Å²) >= 11 is 1.63. The van der Waals surface area contributed by atoms with Crippen LogP contribution in [-0.2, 0) is 6.42 Å². The van der Waals surface area contributed by atoms with Gasteiger partial charge in [0.15, 0.2) is 11.4 Å². The van der Waals surface area contributed by atoms with Gasteiger partial charge in [-0.2, -0.15) is 9.61 Å². The van der Waals surface area contributed by atoms with E-state index in [0.29, 0.717) is 17.4 Å². The van der Waals surface area contributed by atoms with Crippen LogP contribution < -0.4 is 5.32 Å². The molecule has 3 aromatic heterocycles. The lowest BCUT2D eigenvalue weighted by atomic mass is 10.0. The van der Waals surface area contributed by atoms with Crippen LogP contribution in [0.4, 0.5) is 11.6 Å². The van der Waals surface area contributed by atoms with E-state index in [1.54, 1.807) is 41.2 Å². The fraction of sp³-hybridized carbons (Fsp3) is 0.263. The highest BCUT2D eigenvalue weighted by molar-refractivity contribution is 7.17. The summed E-state index contributed by atoms with van der Waals surface area (Å²) in [6.07, 6.45) is 2.54. The van der Waals surface area contributed by atoms with Gasteiger partial charge in [0.2, 0.25) is 5.95 Å². The third kappa shape index (κ3) is 2.94. The van der Waals surface area contributed by atoms with E-state index in [0.717, 1.165) is 28.0 Å². The van der Waals surface area contributed by atoms with Crippen LogP contribution in [0.15, 0.2) is 36.0 Å². The van der Waals surface area contributed by atoms with Gasteiger partial charge >= 0.3 is 0 Å². The van der Waals surface area contributed by atoms with Gasteiger partial charge in [0, 0.05) is 11.3 Å². The van der Waals surface area contributed by atoms with E-state index >= 15 is 0 Å². The normalized spacial score (nSPS) is 11.5. The molecule has 1 N–H and O–H groups in total. The second-order valence-electron chi connectivity index (χ2n) is 6.73. The van der Waals surface area contributed by atoms with E-state index in [9.17, 15) is 4.79 Å². The van der Waals surface area contributed by atoms with Crippen LogP contribution in [0.3, 0.4) is 0 Å². The number of Topliss-reactive ketones (excluding diaryl/α,β-unsaturated/α-hetero) is 1. The van der Waals surface area contributed by atoms with Gasteiger partial charge in [-0.05, 0) is 54.5 Å². The summed E-state index contributed by atoms with van der Waals surface area (Å²) in [6.45, 7) is 5.97. The smallest absolute Gasteiger partial charge is 0.231 e. The van der Waals surface area contributed by atoms with Crippen molar-refractivity contribution < 1.29 is 4.79 Å². The van der Waals surface area contributed by atoms with Crippen molar-refractivity contribution in [2.75, 3.05) is 5.32 Å². The van der Waals surface area contributed by atoms with Crippen molar-refractivity contribution in [1.29, 1.82) is 0 Å². The van der Waals surface area contributed by atoms with Crippen molar-refractivity contribution in [3.05, 3.63) is 47.1 Å². The third-order valence-corrected chi connectivity index (χ3v) is 5.12. The van der Waals surface area contributed by atoms with Crippen LogP contribution in [0.25, 0.3) is 15.9 Å². The van der Waals surface area contributed by atoms with Crippen LogP contribution in [0.1, 0.15) is 36.7 Å². The zero-order chi connectivity index (χ0) is 18.3. The predicted octanol–water partition coefficient (Wildman–Crippen LogP) is 4.48. The number of nitrogens with zero attached hydrogens (tertiary/aromatic N) is 4. The van der Waals surface area contributed by atoms with Gasteiger partial charge in [-0.1, -0.05) is 13.8 Å². The lowest BCUT2D eigenvalue weighted by Gasteiger charge is -2.09. The number of rotatable bonds is 5. The molecule has 0 aliphatic heterocycles. The van der Waals surface area contributed by atoms with Gasteiger partial charge in [0.05, 0.1) is 5.39 Å². The molecule has 132 valence electrons. The van der Waals surface area contributed by atoms with Crippen molar-refractivity contribution in [1.82, 2.24) is 19.6 Å². The molecule has 4 rings (SSSR count). The lowest BCUT2D eigenvalue weighted by molar-refractivity contribution is 0.101.